The van der Waals surface area contributed by atoms with Crippen LogP contribution in [0.15, 0.2) is 5.16 Å². The van der Waals surface area contributed by atoms with E-state index in [1.807, 2.05) is 0 Å². The predicted molar refractivity (Wildman–Crippen MR) is 71.7 cm³/mol. The molecule has 0 aliphatic carbocycles. The lowest BCUT2D eigenvalue weighted by Gasteiger charge is -2.32. The molecule has 1 heterocycles. The van der Waals surface area contributed by atoms with Gasteiger partial charge in [0.1, 0.15) is 5.41 Å². The third-order valence-corrected chi connectivity index (χ3v) is 5.41. The van der Waals surface area contributed by atoms with E-state index in [4.69, 9.17) is 10.9 Å². The van der Waals surface area contributed by atoms with Crippen molar-refractivity contribution in [2.75, 3.05) is 24.6 Å². The Morgan fingerprint density at radius 2 is 2.05 bits per heavy atom. The first kappa shape index (κ1) is 15.7. The van der Waals surface area contributed by atoms with Gasteiger partial charge in [0.05, 0.1) is 11.5 Å². The number of nitrogens with two attached hydrogens (primary N) is 1. The molecule has 19 heavy (non-hydrogen) atoms. The second-order valence-electron chi connectivity index (χ2n) is 4.97. The smallest absolute Gasteiger partial charge is 0.236 e. The van der Waals surface area contributed by atoms with Crippen molar-refractivity contribution in [3.05, 3.63) is 0 Å². The van der Waals surface area contributed by atoms with Gasteiger partial charge in [-0.25, -0.2) is 8.42 Å². The van der Waals surface area contributed by atoms with Crippen molar-refractivity contribution in [3.63, 3.8) is 0 Å². The van der Waals surface area contributed by atoms with Crippen molar-refractivity contribution in [2.45, 2.75) is 26.7 Å². The molecule has 1 unspecified atom stereocenters. The summed E-state index contributed by atoms with van der Waals surface area (Å²) in [5, 5.41) is 11.7. The molecular formula is C11H21N3O4S. The van der Waals surface area contributed by atoms with Crippen LogP contribution in [0.1, 0.15) is 26.7 Å². The Bertz CT molecular complexity index is 474. The van der Waals surface area contributed by atoms with Crippen LogP contribution in [-0.4, -0.2) is 54.9 Å². The van der Waals surface area contributed by atoms with Gasteiger partial charge in [0, 0.05) is 13.1 Å². The number of sulfone groups is 1. The Morgan fingerprint density at radius 3 is 2.58 bits per heavy atom. The van der Waals surface area contributed by atoms with Crippen LogP contribution < -0.4 is 5.73 Å². The molecule has 1 amide bonds. The van der Waals surface area contributed by atoms with E-state index < -0.39 is 15.3 Å². The van der Waals surface area contributed by atoms with Gasteiger partial charge >= 0.3 is 0 Å². The minimum atomic E-state index is -3.07. The highest BCUT2D eigenvalue weighted by molar-refractivity contribution is 7.91. The third kappa shape index (κ3) is 3.37. The topological polar surface area (TPSA) is 113 Å². The summed E-state index contributed by atoms with van der Waals surface area (Å²) < 4.78 is 23.0. The van der Waals surface area contributed by atoms with Crippen LogP contribution in [0.2, 0.25) is 0 Å². The zero-order valence-electron chi connectivity index (χ0n) is 11.3. The van der Waals surface area contributed by atoms with E-state index >= 15 is 0 Å². The zero-order chi connectivity index (χ0) is 14.7. The summed E-state index contributed by atoms with van der Waals surface area (Å²) in [6.45, 7) is 3.91. The fraction of sp³-hybridized carbons (Fsp3) is 0.818. The molecule has 1 atom stereocenters. The monoisotopic (exact) mass is 291 g/mol. The minimum Gasteiger partial charge on any atom is -0.409 e. The largest absolute Gasteiger partial charge is 0.409 e. The maximum absolute atomic E-state index is 12.5. The van der Waals surface area contributed by atoms with Crippen molar-refractivity contribution in [1.29, 1.82) is 0 Å². The highest BCUT2D eigenvalue weighted by Crippen LogP contribution is 2.25. The zero-order valence-corrected chi connectivity index (χ0v) is 12.1. The van der Waals surface area contributed by atoms with Gasteiger partial charge in [-0.2, -0.15) is 0 Å². The Balaban J connectivity index is 2.93. The van der Waals surface area contributed by atoms with Crippen LogP contribution >= 0.6 is 0 Å². The molecule has 1 rings (SSSR count). The second kappa shape index (κ2) is 5.77. The first-order chi connectivity index (χ1) is 8.77. The van der Waals surface area contributed by atoms with Crippen molar-refractivity contribution >= 4 is 21.6 Å². The van der Waals surface area contributed by atoms with Crippen LogP contribution in [0.4, 0.5) is 0 Å². The Labute approximate surface area is 113 Å². The number of amidine groups is 1. The number of carbonyl (C=O) groups is 1. The Morgan fingerprint density at radius 1 is 1.42 bits per heavy atom. The summed E-state index contributed by atoms with van der Waals surface area (Å²) in [6.07, 6.45) is 0.801. The number of carbonyl (C=O) groups excluding carboxylic acids is 1. The molecule has 1 aliphatic heterocycles. The van der Waals surface area contributed by atoms with E-state index in [0.717, 1.165) is 0 Å². The van der Waals surface area contributed by atoms with E-state index in [9.17, 15) is 13.2 Å². The number of hydrogen-bond acceptors (Lipinski definition) is 5. The van der Waals surface area contributed by atoms with Crippen LogP contribution in [0.3, 0.4) is 0 Å². The third-order valence-electron chi connectivity index (χ3n) is 3.69. The van der Waals surface area contributed by atoms with Gasteiger partial charge in [-0.3, -0.25) is 4.79 Å². The number of amides is 1. The SMILES string of the molecule is CCC(C)(C(=O)N1CCCS(=O)(=O)CC1)C(N)=NO. The lowest BCUT2D eigenvalue weighted by molar-refractivity contribution is -0.137. The van der Waals surface area contributed by atoms with Gasteiger partial charge in [-0.1, -0.05) is 12.1 Å². The standard InChI is InChI=1S/C11H21N3O4S/c1-3-11(2,9(12)13-16)10(15)14-5-4-7-19(17,18)8-6-14/h16H,3-8H2,1-2H3,(H2,12,13). The fourth-order valence-electron chi connectivity index (χ4n) is 2.04. The van der Waals surface area contributed by atoms with Crippen LogP contribution in [-0.2, 0) is 14.6 Å². The molecule has 0 aromatic heterocycles. The molecule has 1 saturated heterocycles. The molecule has 8 heteroatoms. The average molecular weight is 291 g/mol. The highest BCUT2D eigenvalue weighted by Gasteiger charge is 2.40. The van der Waals surface area contributed by atoms with E-state index in [1.54, 1.807) is 13.8 Å². The van der Waals surface area contributed by atoms with Crippen molar-refractivity contribution < 1.29 is 18.4 Å². The molecular weight excluding hydrogens is 270 g/mol. The summed E-state index contributed by atoms with van der Waals surface area (Å²) in [5.74, 6) is -0.368. The van der Waals surface area contributed by atoms with E-state index in [-0.39, 0.29) is 29.8 Å². The second-order valence-corrected chi connectivity index (χ2v) is 7.27. The summed E-state index contributed by atoms with van der Waals surface area (Å²) in [6, 6.07) is 0. The molecule has 0 aromatic rings. The molecule has 0 aromatic carbocycles. The molecule has 0 spiro atoms. The number of nitrogens with zero attached hydrogens (tertiary/aromatic N) is 2. The van der Waals surface area contributed by atoms with Gasteiger partial charge in [0.15, 0.2) is 15.7 Å². The molecule has 0 radical (unpaired) electrons. The molecule has 1 aliphatic rings. The van der Waals surface area contributed by atoms with Crippen molar-refractivity contribution in [1.82, 2.24) is 4.90 Å². The van der Waals surface area contributed by atoms with Gasteiger partial charge in [-0.15, -0.1) is 0 Å². The summed E-state index contributed by atoms with van der Waals surface area (Å²) in [7, 11) is -3.07. The summed E-state index contributed by atoms with van der Waals surface area (Å²) >= 11 is 0. The number of oxime groups is 1. The van der Waals surface area contributed by atoms with E-state index in [0.29, 0.717) is 19.4 Å². The van der Waals surface area contributed by atoms with Crippen LogP contribution in [0.5, 0.6) is 0 Å². The van der Waals surface area contributed by atoms with Gasteiger partial charge in [0.2, 0.25) is 5.91 Å². The highest BCUT2D eigenvalue weighted by atomic mass is 32.2. The molecule has 1 fully saturated rings. The molecule has 0 bridgehead atoms. The quantitative estimate of drug-likeness (QED) is 0.323. The van der Waals surface area contributed by atoms with Gasteiger partial charge in [0.25, 0.3) is 0 Å². The van der Waals surface area contributed by atoms with E-state index in [1.165, 1.54) is 4.90 Å². The van der Waals surface area contributed by atoms with Crippen LogP contribution in [0.25, 0.3) is 0 Å². The predicted octanol–water partition coefficient (Wildman–Crippen LogP) is -0.204. The lowest BCUT2D eigenvalue weighted by atomic mass is 9.84. The number of hydrogen-bond donors (Lipinski definition) is 2. The van der Waals surface area contributed by atoms with Gasteiger partial charge in [-0.05, 0) is 19.8 Å². The maximum atomic E-state index is 12.5. The summed E-state index contributed by atoms with van der Waals surface area (Å²) in [5.41, 5.74) is 4.50. The Hall–Kier alpha value is -1.31. The van der Waals surface area contributed by atoms with Crippen molar-refractivity contribution in [3.8, 4) is 0 Å². The molecule has 110 valence electrons. The van der Waals surface area contributed by atoms with Gasteiger partial charge < -0.3 is 15.8 Å². The number of rotatable bonds is 3. The molecule has 7 nitrogen and oxygen atoms in total. The van der Waals surface area contributed by atoms with Crippen LogP contribution in [0, 0.1) is 5.41 Å². The maximum Gasteiger partial charge on any atom is 0.236 e. The summed E-state index contributed by atoms with van der Waals surface area (Å²) in [4.78, 5) is 14.0. The normalized spacial score (nSPS) is 23.5. The fourth-order valence-corrected chi connectivity index (χ4v) is 3.31. The molecule has 3 N–H and O–H groups in total. The first-order valence-electron chi connectivity index (χ1n) is 6.24. The average Bonchev–Trinajstić information content (AvgIpc) is 2.56. The first-order valence-corrected chi connectivity index (χ1v) is 8.07. The van der Waals surface area contributed by atoms with E-state index in [2.05, 4.69) is 5.16 Å². The lowest BCUT2D eigenvalue weighted by Crippen LogP contribution is -2.50. The Kier molecular flexibility index (Phi) is 4.78. The van der Waals surface area contributed by atoms with Crippen molar-refractivity contribution in [2.24, 2.45) is 16.3 Å². The molecule has 0 saturated carbocycles. The minimum absolute atomic E-state index is 0.0330.